The minimum atomic E-state index is -4.33. The molecule has 0 aliphatic heterocycles. The van der Waals surface area contributed by atoms with Crippen LogP contribution in [-0.2, 0) is 6.18 Å². The van der Waals surface area contributed by atoms with Gasteiger partial charge in [0.15, 0.2) is 0 Å². The number of hydrogen-bond acceptors (Lipinski definition) is 2. The van der Waals surface area contributed by atoms with Crippen molar-refractivity contribution in [1.29, 1.82) is 0 Å². The molecule has 0 aliphatic carbocycles. The van der Waals surface area contributed by atoms with Gasteiger partial charge in [-0.25, -0.2) is 0 Å². The summed E-state index contributed by atoms with van der Waals surface area (Å²) in [5.74, 6) is 0. The second-order valence-electron chi connectivity index (χ2n) is 6.16. The van der Waals surface area contributed by atoms with Crippen LogP contribution in [0.1, 0.15) is 44.4 Å². The molecule has 0 spiro atoms. The Morgan fingerprint density at radius 3 is 2.28 bits per heavy atom. The predicted octanol–water partition coefficient (Wildman–Crippen LogP) is 5.45. The van der Waals surface area contributed by atoms with Crippen molar-refractivity contribution in [3.8, 4) is 0 Å². The second-order valence-corrected chi connectivity index (χ2v) is 6.16. The van der Waals surface area contributed by atoms with Crippen LogP contribution in [0.5, 0.6) is 0 Å². The van der Waals surface area contributed by atoms with Crippen LogP contribution in [0.25, 0.3) is 0 Å². The van der Waals surface area contributed by atoms with Crippen LogP contribution in [-0.4, -0.2) is 18.5 Å². The number of likely N-dealkylation sites (N-methyl/N-ethyl adjacent to an activating group) is 1. The van der Waals surface area contributed by atoms with Crippen LogP contribution < -0.4 is 5.73 Å². The number of alkyl halides is 3. The van der Waals surface area contributed by atoms with Gasteiger partial charge in [-0.1, -0.05) is 48.9 Å². The van der Waals surface area contributed by atoms with Crippen LogP contribution in [0, 0.1) is 0 Å². The molecule has 2 N–H and O–H groups in total. The molecule has 1 atom stereocenters. The van der Waals surface area contributed by atoms with Crippen LogP contribution in [0.3, 0.4) is 0 Å². The summed E-state index contributed by atoms with van der Waals surface area (Å²) in [7, 11) is 1.93. The zero-order valence-electron chi connectivity index (χ0n) is 15.3. The summed E-state index contributed by atoms with van der Waals surface area (Å²) in [5, 5.41) is 0. The Hall–Kier alpha value is -2.01. The fourth-order valence-corrected chi connectivity index (χ4v) is 2.56. The number of nitrogens with zero attached hydrogens (tertiary/aromatic N) is 1. The fourth-order valence-electron chi connectivity index (χ4n) is 2.56. The van der Waals surface area contributed by atoms with E-state index in [1.165, 1.54) is 0 Å². The van der Waals surface area contributed by atoms with Crippen LogP contribution in [0.4, 0.5) is 13.2 Å². The highest BCUT2D eigenvalue weighted by molar-refractivity contribution is 5.33. The zero-order chi connectivity index (χ0) is 19.0. The smallest absolute Gasteiger partial charge is 0.402 e. The third-order valence-electron chi connectivity index (χ3n) is 3.86. The van der Waals surface area contributed by atoms with E-state index in [-0.39, 0.29) is 6.04 Å². The van der Waals surface area contributed by atoms with Gasteiger partial charge in [-0.2, -0.15) is 13.2 Å². The Morgan fingerprint density at radius 1 is 1.20 bits per heavy atom. The highest BCUT2D eigenvalue weighted by Gasteiger charge is 2.30. The Kier molecular flexibility index (Phi) is 7.97. The van der Waals surface area contributed by atoms with Crippen molar-refractivity contribution >= 4 is 0 Å². The molecule has 1 aromatic rings. The molecular weight excluding hydrogens is 325 g/mol. The van der Waals surface area contributed by atoms with Gasteiger partial charge in [0.05, 0.1) is 11.6 Å². The summed E-state index contributed by atoms with van der Waals surface area (Å²) in [4.78, 5) is 2.06. The number of benzene rings is 1. The van der Waals surface area contributed by atoms with E-state index in [1.807, 2.05) is 52.1 Å². The van der Waals surface area contributed by atoms with Crippen molar-refractivity contribution in [2.24, 2.45) is 5.73 Å². The Morgan fingerprint density at radius 2 is 1.80 bits per heavy atom. The number of halogens is 3. The van der Waals surface area contributed by atoms with Crippen molar-refractivity contribution in [3.63, 3.8) is 0 Å². The van der Waals surface area contributed by atoms with Gasteiger partial charge < -0.3 is 5.73 Å². The van der Waals surface area contributed by atoms with E-state index in [4.69, 9.17) is 5.73 Å². The van der Waals surface area contributed by atoms with Crippen molar-refractivity contribution in [2.45, 2.75) is 39.4 Å². The second kappa shape index (κ2) is 9.47. The lowest BCUT2D eigenvalue weighted by Gasteiger charge is -2.29. The van der Waals surface area contributed by atoms with Gasteiger partial charge >= 0.3 is 6.18 Å². The molecule has 0 fully saturated rings. The van der Waals surface area contributed by atoms with E-state index in [0.29, 0.717) is 12.2 Å². The summed E-state index contributed by atoms with van der Waals surface area (Å²) < 4.78 is 38.4. The molecule has 1 unspecified atom stereocenters. The van der Waals surface area contributed by atoms with E-state index in [9.17, 15) is 13.2 Å². The average molecular weight is 352 g/mol. The van der Waals surface area contributed by atoms with Crippen LogP contribution in [0.15, 0.2) is 59.8 Å². The largest absolute Gasteiger partial charge is 0.416 e. The Balaban J connectivity index is 3.19. The van der Waals surface area contributed by atoms with Gasteiger partial charge in [0.1, 0.15) is 0 Å². The van der Waals surface area contributed by atoms with Gasteiger partial charge in [0, 0.05) is 12.2 Å². The van der Waals surface area contributed by atoms with E-state index >= 15 is 0 Å². The SMILES string of the molecule is CC/C=C\C=C(/C)C(c1ccc(C(F)(F)F)cc1)N(C)C/C=C(\C)N. The quantitative estimate of drug-likeness (QED) is 0.661. The summed E-state index contributed by atoms with van der Waals surface area (Å²) in [6.45, 7) is 6.45. The monoisotopic (exact) mass is 352 g/mol. The molecule has 0 saturated carbocycles. The lowest BCUT2D eigenvalue weighted by molar-refractivity contribution is -0.137. The highest BCUT2D eigenvalue weighted by Crippen LogP contribution is 2.32. The van der Waals surface area contributed by atoms with Gasteiger partial charge in [-0.05, 0) is 45.0 Å². The summed E-state index contributed by atoms with van der Waals surface area (Å²) in [5.41, 5.74) is 7.65. The van der Waals surface area contributed by atoms with E-state index in [0.717, 1.165) is 29.7 Å². The lowest BCUT2D eigenvalue weighted by atomic mass is 9.96. The first kappa shape index (κ1) is 21.0. The lowest BCUT2D eigenvalue weighted by Crippen LogP contribution is -2.26. The standard InChI is InChI=1S/C20H27F3N2/c1-5-6-7-8-15(2)19(25(4)14-13-16(3)24)17-9-11-18(12-10-17)20(21,22)23/h6-13,19H,5,14,24H2,1-4H3/b7-6-,15-8+,16-13+. The molecule has 0 heterocycles. The van der Waals surface area contributed by atoms with Gasteiger partial charge in [0.2, 0.25) is 0 Å². The van der Waals surface area contributed by atoms with Crippen LogP contribution >= 0.6 is 0 Å². The highest BCUT2D eigenvalue weighted by atomic mass is 19.4. The number of rotatable bonds is 7. The Bertz CT molecular complexity index is 621. The van der Waals surface area contributed by atoms with E-state index in [2.05, 4.69) is 4.90 Å². The molecule has 2 nitrogen and oxygen atoms in total. The molecule has 1 aromatic carbocycles. The van der Waals surface area contributed by atoms with Crippen molar-refractivity contribution in [3.05, 3.63) is 71.0 Å². The van der Waals surface area contributed by atoms with E-state index < -0.39 is 11.7 Å². The van der Waals surface area contributed by atoms with Crippen molar-refractivity contribution in [1.82, 2.24) is 4.90 Å². The molecule has 0 aromatic heterocycles. The predicted molar refractivity (Wildman–Crippen MR) is 97.9 cm³/mol. The molecule has 0 amide bonds. The maximum Gasteiger partial charge on any atom is 0.416 e. The molecule has 0 aliphatic rings. The minimum absolute atomic E-state index is 0.126. The van der Waals surface area contributed by atoms with Gasteiger partial charge in [-0.15, -0.1) is 0 Å². The third-order valence-corrected chi connectivity index (χ3v) is 3.86. The minimum Gasteiger partial charge on any atom is -0.402 e. The normalized spacial score (nSPS) is 15.2. The maximum absolute atomic E-state index is 12.8. The number of allylic oxidation sites excluding steroid dienone is 4. The first-order valence-corrected chi connectivity index (χ1v) is 8.29. The van der Waals surface area contributed by atoms with Gasteiger partial charge in [-0.3, -0.25) is 4.90 Å². The maximum atomic E-state index is 12.8. The van der Waals surface area contributed by atoms with Crippen molar-refractivity contribution in [2.75, 3.05) is 13.6 Å². The molecule has 0 saturated heterocycles. The number of hydrogen-bond donors (Lipinski definition) is 1. The number of nitrogens with two attached hydrogens (primary N) is 1. The summed E-state index contributed by atoms with van der Waals surface area (Å²) in [6.07, 6.45) is 4.52. The van der Waals surface area contributed by atoms with Crippen molar-refractivity contribution < 1.29 is 13.2 Å². The topological polar surface area (TPSA) is 29.3 Å². The molecule has 0 bridgehead atoms. The third kappa shape index (κ3) is 6.78. The molecular formula is C20H27F3N2. The molecule has 1 rings (SSSR count). The first-order valence-electron chi connectivity index (χ1n) is 8.29. The van der Waals surface area contributed by atoms with Gasteiger partial charge in [0.25, 0.3) is 0 Å². The zero-order valence-corrected chi connectivity index (χ0v) is 15.3. The Labute approximate surface area is 148 Å². The molecule has 0 radical (unpaired) electrons. The molecule has 5 heteroatoms. The first-order chi connectivity index (χ1) is 11.7. The summed E-state index contributed by atoms with van der Waals surface area (Å²) >= 11 is 0. The van der Waals surface area contributed by atoms with Crippen LogP contribution in [0.2, 0.25) is 0 Å². The average Bonchev–Trinajstić information content (AvgIpc) is 2.53. The molecule has 138 valence electrons. The summed E-state index contributed by atoms with van der Waals surface area (Å²) in [6, 6.07) is 5.23. The molecule has 25 heavy (non-hydrogen) atoms. The fraction of sp³-hybridized carbons (Fsp3) is 0.400. The van der Waals surface area contributed by atoms with E-state index in [1.54, 1.807) is 12.1 Å².